The summed E-state index contributed by atoms with van der Waals surface area (Å²) in [5.74, 6) is -1.82. The molecule has 3 aromatic carbocycles. The zero-order chi connectivity index (χ0) is 29.5. The van der Waals surface area contributed by atoms with Crippen molar-refractivity contribution in [2.45, 2.75) is 46.1 Å². The van der Waals surface area contributed by atoms with Crippen LogP contribution in [-0.2, 0) is 11.2 Å². The Labute approximate surface area is 237 Å². The molecule has 0 aliphatic heterocycles. The van der Waals surface area contributed by atoms with Crippen molar-refractivity contribution in [2.75, 3.05) is 14.2 Å². The second kappa shape index (κ2) is 9.11. The molecule has 0 amide bonds. The summed E-state index contributed by atoms with van der Waals surface area (Å²) in [6.45, 7) is 5.76. The zero-order valence-electron chi connectivity index (χ0n) is 23.6. The number of Topliss-reactive ketones (excluding diaryl/α,β-unsaturated/α-hetero) is 1. The molecule has 0 heterocycles. The van der Waals surface area contributed by atoms with Gasteiger partial charge in [0, 0.05) is 18.1 Å². The average molecular weight is 557 g/mol. The fourth-order valence-corrected chi connectivity index (χ4v) is 7.02. The number of phenolic OH excluding ortho intramolecular Hbond substituents is 3. The third-order valence-corrected chi connectivity index (χ3v) is 8.61. The number of phenols is 3. The lowest BCUT2D eigenvalue weighted by atomic mass is 9.61. The number of aliphatic hydroxyl groups is 1. The van der Waals surface area contributed by atoms with Crippen LogP contribution in [0.1, 0.15) is 82.1 Å². The SMILES string of the molecule is COc1cc(O)c2c(c1)C(c1c(OC)cc3c(c1O)C(=O)c1c(O)cc(C)cc1C3)=C1CC(C)(C)CC(=O)[C@H]1[C@H]2O. The van der Waals surface area contributed by atoms with Crippen LogP contribution in [0.5, 0.6) is 28.7 Å². The van der Waals surface area contributed by atoms with Crippen molar-refractivity contribution in [3.05, 3.63) is 80.4 Å². The first-order valence-electron chi connectivity index (χ1n) is 13.5. The second-order valence-electron chi connectivity index (χ2n) is 12.1. The number of ketones is 2. The summed E-state index contributed by atoms with van der Waals surface area (Å²) in [6.07, 6.45) is -0.361. The Balaban J connectivity index is 1.71. The number of fused-ring (bicyclic) bond motifs is 4. The van der Waals surface area contributed by atoms with E-state index in [4.69, 9.17) is 9.47 Å². The van der Waals surface area contributed by atoms with Crippen LogP contribution in [0.15, 0.2) is 35.9 Å². The van der Waals surface area contributed by atoms with E-state index < -0.39 is 23.2 Å². The molecule has 4 N–H and O–H groups in total. The maximum absolute atomic E-state index is 13.9. The first kappa shape index (κ1) is 26.9. The number of aryl methyl sites for hydroxylation is 1. The molecular formula is C33H32O8. The Morgan fingerprint density at radius 1 is 0.854 bits per heavy atom. The van der Waals surface area contributed by atoms with Gasteiger partial charge in [-0.05, 0) is 76.8 Å². The van der Waals surface area contributed by atoms with Crippen LogP contribution in [0, 0.1) is 18.3 Å². The summed E-state index contributed by atoms with van der Waals surface area (Å²) in [5, 5.41) is 45.1. The minimum absolute atomic E-state index is 0.0401. The van der Waals surface area contributed by atoms with Gasteiger partial charge in [-0.3, -0.25) is 9.59 Å². The average Bonchev–Trinajstić information content (AvgIpc) is 2.87. The van der Waals surface area contributed by atoms with Crippen molar-refractivity contribution in [1.82, 2.24) is 0 Å². The fraction of sp³-hybridized carbons (Fsp3) is 0.333. The largest absolute Gasteiger partial charge is 0.507 e. The number of carbonyl (C=O) groups is 2. The highest BCUT2D eigenvalue weighted by molar-refractivity contribution is 6.17. The molecule has 8 heteroatoms. The van der Waals surface area contributed by atoms with Gasteiger partial charge in [-0.25, -0.2) is 0 Å². The van der Waals surface area contributed by atoms with Crippen LogP contribution in [0.2, 0.25) is 0 Å². The number of hydrogen-bond acceptors (Lipinski definition) is 8. The first-order chi connectivity index (χ1) is 19.4. The van der Waals surface area contributed by atoms with Gasteiger partial charge in [-0.15, -0.1) is 0 Å². The second-order valence-corrected chi connectivity index (χ2v) is 12.1. The molecule has 1 saturated carbocycles. The van der Waals surface area contributed by atoms with E-state index in [0.29, 0.717) is 46.4 Å². The van der Waals surface area contributed by atoms with Gasteiger partial charge in [0.1, 0.15) is 34.5 Å². The predicted molar refractivity (Wildman–Crippen MR) is 151 cm³/mol. The number of methoxy groups -OCH3 is 2. The lowest BCUT2D eigenvalue weighted by Gasteiger charge is -2.43. The van der Waals surface area contributed by atoms with Crippen LogP contribution >= 0.6 is 0 Å². The smallest absolute Gasteiger partial charge is 0.201 e. The molecule has 0 spiro atoms. The number of rotatable bonds is 3. The molecule has 2 atom stereocenters. The van der Waals surface area contributed by atoms with E-state index in [0.717, 1.165) is 5.56 Å². The number of aromatic hydroxyl groups is 3. The van der Waals surface area contributed by atoms with Crippen LogP contribution in [0.3, 0.4) is 0 Å². The quantitative estimate of drug-likeness (QED) is 0.273. The summed E-state index contributed by atoms with van der Waals surface area (Å²) in [7, 11) is 2.91. The molecule has 0 aromatic heterocycles. The molecule has 0 bridgehead atoms. The van der Waals surface area contributed by atoms with Crippen LogP contribution in [0.25, 0.3) is 5.57 Å². The number of benzene rings is 3. The Hall–Kier alpha value is -4.30. The zero-order valence-corrected chi connectivity index (χ0v) is 23.6. The number of aliphatic hydroxyl groups excluding tert-OH is 1. The lowest BCUT2D eigenvalue weighted by Crippen LogP contribution is -2.38. The van der Waals surface area contributed by atoms with Gasteiger partial charge in [0.05, 0.1) is 42.9 Å². The van der Waals surface area contributed by atoms with E-state index >= 15 is 0 Å². The number of ether oxygens (including phenoxy) is 2. The van der Waals surface area contributed by atoms with Gasteiger partial charge in [0.2, 0.25) is 5.78 Å². The van der Waals surface area contributed by atoms with Gasteiger partial charge in [0.15, 0.2) is 0 Å². The van der Waals surface area contributed by atoms with Crippen LogP contribution < -0.4 is 9.47 Å². The molecule has 212 valence electrons. The summed E-state index contributed by atoms with van der Waals surface area (Å²) in [4.78, 5) is 27.4. The minimum atomic E-state index is -1.31. The van der Waals surface area contributed by atoms with E-state index in [-0.39, 0.29) is 57.5 Å². The summed E-state index contributed by atoms with van der Waals surface area (Å²) >= 11 is 0. The molecular weight excluding hydrogens is 524 g/mol. The minimum Gasteiger partial charge on any atom is -0.507 e. The molecule has 41 heavy (non-hydrogen) atoms. The van der Waals surface area contributed by atoms with Crippen molar-refractivity contribution in [3.8, 4) is 28.7 Å². The molecule has 0 unspecified atom stereocenters. The summed E-state index contributed by atoms with van der Waals surface area (Å²) in [6, 6.07) is 8.08. The van der Waals surface area contributed by atoms with Crippen molar-refractivity contribution < 1.29 is 39.5 Å². The van der Waals surface area contributed by atoms with Crippen LogP contribution in [-0.4, -0.2) is 46.2 Å². The summed E-state index contributed by atoms with van der Waals surface area (Å²) < 4.78 is 11.2. The molecule has 3 aliphatic carbocycles. The van der Waals surface area contributed by atoms with Crippen LogP contribution in [0.4, 0.5) is 0 Å². The monoisotopic (exact) mass is 556 g/mol. The first-order valence-corrected chi connectivity index (χ1v) is 13.5. The Bertz CT molecular complexity index is 1710. The highest BCUT2D eigenvalue weighted by atomic mass is 16.5. The third kappa shape index (κ3) is 3.92. The molecule has 1 fully saturated rings. The van der Waals surface area contributed by atoms with Crippen molar-refractivity contribution >= 4 is 17.1 Å². The number of carbonyl (C=O) groups excluding carboxylic acids is 2. The maximum atomic E-state index is 13.9. The van der Waals surface area contributed by atoms with Crippen molar-refractivity contribution in [1.29, 1.82) is 0 Å². The van der Waals surface area contributed by atoms with E-state index in [1.165, 1.54) is 26.4 Å². The molecule has 0 radical (unpaired) electrons. The van der Waals surface area contributed by atoms with Gasteiger partial charge in [-0.1, -0.05) is 19.9 Å². The van der Waals surface area contributed by atoms with Gasteiger partial charge < -0.3 is 29.9 Å². The van der Waals surface area contributed by atoms with Crippen molar-refractivity contribution in [3.63, 3.8) is 0 Å². The predicted octanol–water partition coefficient (Wildman–Crippen LogP) is 5.12. The van der Waals surface area contributed by atoms with Gasteiger partial charge >= 0.3 is 0 Å². The highest BCUT2D eigenvalue weighted by Gasteiger charge is 2.48. The summed E-state index contributed by atoms with van der Waals surface area (Å²) in [5.41, 5.74) is 3.43. The molecule has 0 saturated heterocycles. The molecule has 3 aromatic rings. The third-order valence-electron chi connectivity index (χ3n) is 8.61. The fourth-order valence-electron chi connectivity index (χ4n) is 7.02. The maximum Gasteiger partial charge on any atom is 0.201 e. The Morgan fingerprint density at radius 2 is 1.56 bits per heavy atom. The van der Waals surface area contributed by atoms with E-state index in [1.54, 1.807) is 12.1 Å². The number of hydrogen-bond donors (Lipinski definition) is 4. The lowest BCUT2D eigenvalue weighted by molar-refractivity contribution is -0.129. The van der Waals surface area contributed by atoms with Crippen molar-refractivity contribution in [2.24, 2.45) is 11.3 Å². The highest BCUT2D eigenvalue weighted by Crippen LogP contribution is 2.58. The van der Waals surface area contributed by atoms with E-state index in [1.807, 2.05) is 26.8 Å². The van der Waals surface area contributed by atoms with Gasteiger partial charge in [0.25, 0.3) is 0 Å². The molecule has 8 nitrogen and oxygen atoms in total. The van der Waals surface area contributed by atoms with E-state index in [9.17, 15) is 30.0 Å². The molecule has 6 rings (SSSR count). The van der Waals surface area contributed by atoms with Gasteiger partial charge in [-0.2, -0.15) is 0 Å². The topological polar surface area (TPSA) is 134 Å². The standard InChI is InChI=1S/C33H32O8/c1-14-6-15-8-16-9-23(41-5)29(31(38)25(16)30(37)24(15)20(34)7-14)26-18-10-17(40-4)11-21(35)27(18)32(39)28-19(26)12-33(2,3)13-22(28)36/h6-7,9-11,28,32,34-35,38-39H,8,12-13H2,1-5H3/t28-,32-/m0/s1. The molecule has 3 aliphatic rings. The Kier molecular flexibility index (Phi) is 5.98. The normalized spacial score (nSPS) is 20.6. The van der Waals surface area contributed by atoms with E-state index in [2.05, 4.69) is 0 Å². The Morgan fingerprint density at radius 3 is 2.24 bits per heavy atom.